The molecule has 0 bridgehead atoms. The third-order valence-electron chi connectivity index (χ3n) is 3.26. The number of carboxylic acids is 1. The lowest BCUT2D eigenvalue weighted by atomic mass is 9.93. The maximum absolute atomic E-state index is 11.4. The summed E-state index contributed by atoms with van der Waals surface area (Å²) in [5, 5.41) is 17.2. The molecule has 0 atom stereocenters. The Kier molecular flexibility index (Phi) is 2.56. The predicted molar refractivity (Wildman–Crippen MR) is 73.2 cm³/mol. The molecule has 4 nitrogen and oxygen atoms in total. The number of hydrogen-bond acceptors (Lipinski definition) is 2. The fourth-order valence-corrected chi connectivity index (χ4v) is 2.37. The molecule has 0 saturated carbocycles. The number of H-pyrrole nitrogens is 1. The van der Waals surface area contributed by atoms with Crippen LogP contribution in [0.4, 0.5) is 0 Å². The quantitative estimate of drug-likeness (QED) is 0.735. The fourth-order valence-electron chi connectivity index (χ4n) is 2.37. The molecule has 94 valence electrons. The SMILES string of the molecule is Cc1ccc2[nH]ncc2c1-c1ccccc1C(=O)O. The van der Waals surface area contributed by atoms with Gasteiger partial charge in [0.2, 0.25) is 0 Å². The number of aryl methyl sites for hydroxylation is 1. The minimum atomic E-state index is -0.921. The summed E-state index contributed by atoms with van der Waals surface area (Å²) in [4.78, 5) is 11.4. The van der Waals surface area contributed by atoms with Crippen LogP contribution in [0.5, 0.6) is 0 Å². The summed E-state index contributed by atoms with van der Waals surface area (Å²) < 4.78 is 0. The summed E-state index contributed by atoms with van der Waals surface area (Å²) in [6, 6.07) is 10.9. The monoisotopic (exact) mass is 252 g/mol. The third-order valence-corrected chi connectivity index (χ3v) is 3.26. The van der Waals surface area contributed by atoms with Crippen molar-refractivity contribution < 1.29 is 9.90 Å². The Hall–Kier alpha value is -2.62. The second-order valence-electron chi connectivity index (χ2n) is 4.44. The van der Waals surface area contributed by atoms with E-state index in [1.165, 1.54) is 0 Å². The van der Waals surface area contributed by atoms with E-state index in [4.69, 9.17) is 0 Å². The number of nitrogens with zero attached hydrogens (tertiary/aromatic N) is 1. The zero-order valence-corrected chi connectivity index (χ0v) is 10.3. The Labute approximate surface area is 109 Å². The molecule has 0 unspecified atom stereocenters. The van der Waals surface area contributed by atoms with Crippen molar-refractivity contribution in [2.24, 2.45) is 0 Å². The van der Waals surface area contributed by atoms with Gasteiger partial charge in [-0.3, -0.25) is 5.10 Å². The summed E-state index contributed by atoms with van der Waals surface area (Å²) in [6.07, 6.45) is 1.73. The Morgan fingerprint density at radius 2 is 2.00 bits per heavy atom. The molecular formula is C15H12N2O2. The molecule has 4 heteroatoms. The van der Waals surface area contributed by atoms with Crippen LogP contribution in [0, 0.1) is 6.92 Å². The van der Waals surface area contributed by atoms with Gasteiger partial charge in [-0.15, -0.1) is 0 Å². The zero-order chi connectivity index (χ0) is 13.4. The van der Waals surface area contributed by atoms with Crippen LogP contribution in [0.25, 0.3) is 22.0 Å². The Bertz CT molecular complexity index is 775. The van der Waals surface area contributed by atoms with Gasteiger partial charge < -0.3 is 5.11 Å². The third kappa shape index (κ3) is 1.78. The topological polar surface area (TPSA) is 66.0 Å². The fraction of sp³-hybridized carbons (Fsp3) is 0.0667. The first kappa shape index (κ1) is 11.5. The summed E-state index contributed by atoms with van der Waals surface area (Å²) in [7, 11) is 0. The Morgan fingerprint density at radius 1 is 1.21 bits per heavy atom. The van der Waals surface area contributed by atoms with Crippen molar-refractivity contribution in [3.63, 3.8) is 0 Å². The van der Waals surface area contributed by atoms with E-state index in [9.17, 15) is 9.90 Å². The maximum Gasteiger partial charge on any atom is 0.336 e. The van der Waals surface area contributed by atoms with E-state index in [1.807, 2.05) is 31.2 Å². The van der Waals surface area contributed by atoms with Gasteiger partial charge in [-0.25, -0.2) is 4.79 Å². The molecule has 1 heterocycles. The average Bonchev–Trinajstić information content (AvgIpc) is 2.87. The van der Waals surface area contributed by atoms with Crippen molar-refractivity contribution in [3.05, 3.63) is 53.7 Å². The molecule has 19 heavy (non-hydrogen) atoms. The number of carboxylic acid groups (broad SMARTS) is 1. The van der Waals surface area contributed by atoms with Crippen molar-refractivity contribution in [2.75, 3.05) is 0 Å². The van der Waals surface area contributed by atoms with Gasteiger partial charge in [0, 0.05) is 5.39 Å². The molecule has 3 aromatic rings. The molecule has 3 rings (SSSR count). The number of aromatic carboxylic acids is 1. The number of carbonyl (C=O) groups is 1. The number of rotatable bonds is 2. The summed E-state index contributed by atoms with van der Waals surface area (Å²) in [5.74, 6) is -0.921. The molecule has 0 amide bonds. The lowest BCUT2D eigenvalue weighted by molar-refractivity contribution is 0.0698. The average molecular weight is 252 g/mol. The van der Waals surface area contributed by atoms with Crippen LogP contribution in [0.2, 0.25) is 0 Å². The van der Waals surface area contributed by atoms with Crippen molar-refractivity contribution >= 4 is 16.9 Å². The number of hydrogen-bond donors (Lipinski definition) is 2. The highest BCUT2D eigenvalue weighted by atomic mass is 16.4. The molecule has 0 aliphatic carbocycles. The standard InChI is InChI=1S/C15H12N2O2/c1-9-6-7-13-12(8-16-17-13)14(9)10-4-2-3-5-11(10)15(18)19/h2-8H,1H3,(H,16,17)(H,18,19). The minimum absolute atomic E-state index is 0.305. The largest absolute Gasteiger partial charge is 0.478 e. The number of benzene rings is 2. The second-order valence-corrected chi connectivity index (χ2v) is 4.44. The van der Waals surface area contributed by atoms with Crippen molar-refractivity contribution in [3.8, 4) is 11.1 Å². The zero-order valence-electron chi connectivity index (χ0n) is 10.3. The van der Waals surface area contributed by atoms with Crippen molar-refractivity contribution in [1.82, 2.24) is 10.2 Å². The van der Waals surface area contributed by atoms with Gasteiger partial charge >= 0.3 is 5.97 Å². The van der Waals surface area contributed by atoms with E-state index >= 15 is 0 Å². The number of fused-ring (bicyclic) bond motifs is 1. The maximum atomic E-state index is 11.4. The van der Waals surface area contributed by atoms with E-state index < -0.39 is 5.97 Å². The van der Waals surface area contributed by atoms with Crippen LogP contribution in [-0.4, -0.2) is 21.3 Å². The summed E-state index contributed by atoms with van der Waals surface area (Å²) >= 11 is 0. The number of nitrogens with one attached hydrogen (secondary N) is 1. The molecule has 1 aromatic heterocycles. The van der Waals surface area contributed by atoms with Crippen LogP contribution < -0.4 is 0 Å². The van der Waals surface area contributed by atoms with Gasteiger partial charge in [0.15, 0.2) is 0 Å². The number of aromatic nitrogens is 2. The first-order valence-electron chi connectivity index (χ1n) is 5.94. The van der Waals surface area contributed by atoms with E-state index in [0.717, 1.165) is 27.6 Å². The number of aromatic amines is 1. The molecule has 0 fully saturated rings. The smallest absolute Gasteiger partial charge is 0.336 e. The molecule has 0 aliphatic heterocycles. The van der Waals surface area contributed by atoms with Gasteiger partial charge in [0.1, 0.15) is 0 Å². The van der Waals surface area contributed by atoms with Gasteiger partial charge in [-0.2, -0.15) is 5.10 Å². The molecule has 0 radical (unpaired) electrons. The van der Waals surface area contributed by atoms with E-state index in [1.54, 1.807) is 18.3 Å². The lowest BCUT2D eigenvalue weighted by Gasteiger charge is -2.10. The Morgan fingerprint density at radius 3 is 2.79 bits per heavy atom. The minimum Gasteiger partial charge on any atom is -0.478 e. The molecule has 0 spiro atoms. The summed E-state index contributed by atoms with van der Waals surface area (Å²) in [5.41, 5.74) is 3.88. The van der Waals surface area contributed by atoms with Crippen LogP contribution in [0.15, 0.2) is 42.6 Å². The Balaban J connectivity index is 2.39. The van der Waals surface area contributed by atoms with Crippen molar-refractivity contribution in [2.45, 2.75) is 6.92 Å². The van der Waals surface area contributed by atoms with Crippen LogP contribution in [-0.2, 0) is 0 Å². The highest BCUT2D eigenvalue weighted by molar-refractivity contribution is 6.03. The van der Waals surface area contributed by atoms with Gasteiger partial charge in [0.25, 0.3) is 0 Å². The first-order valence-corrected chi connectivity index (χ1v) is 5.94. The summed E-state index contributed by atoms with van der Waals surface area (Å²) in [6.45, 7) is 1.97. The molecule has 0 saturated heterocycles. The van der Waals surface area contributed by atoms with Gasteiger partial charge in [0.05, 0.1) is 17.3 Å². The van der Waals surface area contributed by atoms with Crippen LogP contribution in [0.3, 0.4) is 0 Å². The molecule has 2 aromatic carbocycles. The second kappa shape index (κ2) is 4.24. The highest BCUT2D eigenvalue weighted by Gasteiger charge is 2.15. The lowest BCUT2D eigenvalue weighted by Crippen LogP contribution is -2.00. The predicted octanol–water partition coefficient (Wildman–Crippen LogP) is 3.24. The van der Waals surface area contributed by atoms with Gasteiger partial charge in [-0.1, -0.05) is 24.3 Å². The van der Waals surface area contributed by atoms with Crippen LogP contribution >= 0.6 is 0 Å². The normalized spacial score (nSPS) is 10.8. The van der Waals surface area contributed by atoms with Crippen molar-refractivity contribution in [1.29, 1.82) is 0 Å². The van der Waals surface area contributed by atoms with E-state index in [-0.39, 0.29) is 0 Å². The molecule has 0 aliphatic rings. The van der Waals surface area contributed by atoms with Crippen LogP contribution in [0.1, 0.15) is 15.9 Å². The van der Waals surface area contributed by atoms with Gasteiger partial charge in [-0.05, 0) is 35.7 Å². The highest BCUT2D eigenvalue weighted by Crippen LogP contribution is 2.33. The first-order chi connectivity index (χ1) is 9.18. The van der Waals surface area contributed by atoms with E-state index in [2.05, 4.69) is 10.2 Å². The van der Waals surface area contributed by atoms with E-state index in [0.29, 0.717) is 5.56 Å². The molecule has 2 N–H and O–H groups in total. The molecular weight excluding hydrogens is 240 g/mol.